The van der Waals surface area contributed by atoms with E-state index in [1.165, 1.54) is 11.3 Å². The Balaban J connectivity index is 1.73. The lowest BCUT2D eigenvalue weighted by atomic mass is 10.2. The Bertz CT molecular complexity index is 540. The van der Waals surface area contributed by atoms with Crippen LogP contribution in [0.4, 0.5) is 10.5 Å². The minimum atomic E-state index is -0.468. The molecule has 1 aliphatic rings. The second kappa shape index (κ2) is 8.41. The zero-order valence-corrected chi connectivity index (χ0v) is 13.9. The van der Waals surface area contributed by atoms with Gasteiger partial charge in [-0.1, -0.05) is 12.1 Å². The molecule has 6 nitrogen and oxygen atoms in total. The van der Waals surface area contributed by atoms with E-state index in [4.69, 9.17) is 4.74 Å². The first-order valence-corrected chi connectivity index (χ1v) is 8.10. The smallest absolute Gasteiger partial charge is 0.407 e. The van der Waals surface area contributed by atoms with Gasteiger partial charge in [0, 0.05) is 44.8 Å². The molecule has 2 amide bonds. The highest BCUT2D eigenvalue weighted by Crippen LogP contribution is 2.17. The first-order chi connectivity index (χ1) is 11.1. The lowest BCUT2D eigenvalue weighted by Gasteiger charge is -2.36. The van der Waals surface area contributed by atoms with Crippen LogP contribution in [0.5, 0.6) is 0 Å². The number of amides is 2. The molecule has 0 spiro atoms. The third-order valence-corrected chi connectivity index (χ3v) is 3.88. The molecular weight excluding hydrogens is 294 g/mol. The van der Waals surface area contributed by atoms with E-state index >= 15 is 0 Å². The number of nitrogens with zero attached hydrogens (tertiary/aromatic N) is 2. The molecule has 1 heterocycles. The quantitative estimate of drug-likeness (QED) is 0.899. The molecule has 2 rings (SSSR count). The summed E-state index contributed by atoms with van der Waals surface area (Å²) in [6.07, 6.45) is -0.159. The van der Waals surface area contributed by atoms with Crippen molar-refractivity contribution in [2.45, 2.75) is 20.3 Å². The highest BCUT2D eigenvalue weighted by molar-refractivity contribution is 5.77. The van der Waals surface area contributed by atoms with Crippen molar-refractivity contribution < 1.29 is 14.3 Å². The Labute approximate surface area is 137 Å². The number of benzene rings is 1. The minimum absolute atomic E-state index is 0.0747. The molecule has 1 aromatic carbocycles. The SMILES string of the molecule is CCOC(=O)NCCC(=O)N1CCN(c2cccc(C)c2)CC1. The molecular formula is C17H25N3O3. The van der Waals surface area contributed by atoms with Crippen molar-refractivity contribution in [2.75, 3.05) is 44.2 Å². The third kappa shape index (κ3) is 5.16. The van der Waals surface area contributed by atoms with E-state index in [2.05, 4.69) is 41.4 Å². The van der Waals surface area contributed by atoms with Gasteiger partial charge in [0.1, 0.15) is 0 Å². The molecule has 1 saturated heterocycles. The van der Waals surface area contributed by atoms with Gasteiger partial charge in [-0.2, -0.15) is 0 Å². The van der Waals surface area contributed by atoms with Gasteiger partial charge in [0.2, 0.25) is 5.91 Å². The number of aryl methyl sites for hydroxylation is 1. The third-order valence-electron chi connectivity index (χ3n) is 3.88. The van der Waals surface area contributed by atoms with E-state index in [-0.39, 0.29) is 5.91 Å². The number of piperazine rings is 1. The summed E-state index contributed by atoms with van der Waals surface area (Å²) in [5.74, 6) is 0.0747. The van der Waals surface area contributed by atoms with E-state index in [9.17, 15) is 9.59 Å². The van der Waals surface area contributed by atoms with Crippen molar-refractivity contribution in [2.24, 2.45) is 0 Å². The summed E-state index contributed by atoms with van der Waals surface area (Å²) in [6.45, 7) is 7.58. The van der Waals surface area contributed by atoms with Crippen molar-refractivity contribution in [3.8, 4) is 0 Å². The Morgan fingerprint density at radius 2 is 1.96 bits per heavy atom. The number of rotatable bonds is 5. The van der Waals surface area contributed by atoms with E-state index in [1.54, 1.807) is 6.92 Å². The van der Waals surface area contributed by atoms with Crippen molar-refractivity contribution in [3.63, 3.8) is 0 Å². The van der Waals surface area contributed by atoms with Crippen LogP contribution in [0.25, 0.3) is 0 Å². The van der Waals surface area contributed by atoms with Crippen LogP contribution in [-0.4, -0.2) is 56.2 Å². The molecule has 0 saturated carbocycles. The van der Waals surface area contributed by atoms with Gasteiger partial charge < -0.3 is 19.9 Å². The Morgan fingerprint density at radius 3 is 2.61 bits per heavy atom. The Kier molecular flexibility index (Phi) is 6.26. The maximum atomic E-state index is 12.2. The Hall–Kier alpha value is -2.24. The molecule has 0 unspecified atom stereocenters. The molecule has 126 valence electrons. The fraction of sp³-hybridized carbons (Fsp3) is 0.529. The van der Waals surface area contributed by atoms with Gasteiger partial charge in [-0.3, -0.25) is 4.79 Å². The average Bonchev–Trinajstić information content (AvgIpc) is 2.55. The summed E-state index contributed by atoms with van der Waals surface area (Å²) in [4.78, 5) is 27.5. The zero-order chi connectivity index (χ0) is 16.7. The molecule has 6 heteroatoms. The van der Waals surface area contributed by atoms with Crippen LogP contribution in [0.1, 0.15) is 18.9 Å². The normalized spacial score (nSPS) is 14.5. The number of carbonyl (C=O) groups excluding carboxylic acids is 2. The van der Waals surface area contributed by atoms with Crippen LogP contribution in [0.15, 0.2) is 24.3 Å². The van der Waals surface area contributed by atoms with Crippen molar-refractivity contribution in [3.05, 3.63) is 29.8 Å². The standard InChI is InChI=1S/C17H25N3O3/c1-3-23-17(22)18-8-7-16(21)20-11-9-19(10-12-20)15-6-4-5-14(2)13-15/h4-6,13H,3,7-12H2,1-2H3,(H,18,22). The molecule has 0 aliphatic carbocycles. The summed E-state index contributed by atoms with van der Waals surface area (Å²) in [7, 11) is 0. The van der Waals surface area contributed by atoms with Crippen molar-refractivity contribution in [1.82, 2.24) is 10.2 Å². The van der Waals surface area contributed by atoms with E-state index in [0.717, 1.165) is 13.1 Å². The molecule has 23 heavy (non-hydrogen) atoms. The molecule has 0 atom stereocenters. The van der Waals surface area contributed by atoms with Gasteiger partial charge >= 0.3 is 6.09 Å². The Morgan fingerprint density at radius 1 is 1.22 bits per heavy atom. The van der Waals surface area contributed by atoms with Gasteiger partial charge in [0.05, 0.1) is 6.61 Å². The van der Waals surface area contributed by atoms with Crippen LogP contribution in [0.3, 0.4) is 0 Å². The molecule has 1 aliphatic heterocycles. The van der Waals surface area contributed by atoms with Gasteiger partial charge in [0.25, 0.3) is 0 Å². The van der Waals surface area contributed by atoms with E-state index in [0.29, 0.717) is 32.7 Å². The zero-order valence-electron chi connectivity index (χ0n) is 13.9. The number of ether oxygens (including phenoxy) is 1. The lowest BCUT2D eigenvalue weighted by molar-refractivity contribution is -0.131. The first kappa shape index (κ1) is 17.1. The summed E-state index contributed by atoms with van der Waals surface area (Å²) < 4.78 is 4.76. The van der Waals surface area contributed by atoms with E-state index < -0.39 is 6.09 Å². The number of alkyl carbamates (subject to hydrolysis) is 1. The fourth-order valence-electron chi connectivity index (χ4n) is 2.65. The fourth-order valence-corrected chi connectivity index (χ4v) is 2.65. The maximum absolute atomic E-state index is 12.2. The second-order valence-corrected chi connectivity index (χ2v) is 5.60. The maximum Gasteiger partial charge on any atom is 0.407 e. The number of anilines is 1. The molecule has 0 radical (unpaired) electrons. The predicted octanol–water partition coefficient (Wildman–Crippen LogP) is 1.78. The van der Waals surface area contributed by atoms with Gasteiger partial charge in [0.15, 0.2) is 0 Å². The first-order valence-electron chi connectivity index (χ1n) is 8.10. The number of carbonyl (C=O) groups is 2. The molecule has 1 aromatic rings. The molecule has 0 aromatic heterocycles. The average molecular weight is 319 g/mol. The number of hydrogen-bond acceptors (Lipinski definition) is 4. The van der Waals surface area contributed by atoms with Gasteiger partial charge in [-0.25, -0.2) is 4.79 Å². The molecule has 1 N–H and O–H groups in total. The van der Waals surface area contributed by atoms with Gasteiger partial charge in [-0.15, -0.1) is 0 Å². The second-order valence-electron chi connectivity index (χ2n) is 5.60. The van der Waals surface area contributed by atoms with Crippen LogP contribution in [0.2, 0.25) is 0 Å². The van der Waals surface area contributed by atoms with Crippen molar-refractivity contribution >= 4 is 17.7 Å². The monoisotopic (exact) mass is 319 g/mol. The van der Waals surface area contributed by atoms with Crippen LogP contribution in [-0.2, 0) is 9.53 Å². The van der Waals surface area contributed by atoms with Crippen LogP contribution < -0.4 is 10.2 Å². The topological polar surface area (TPSA) is 61.9 Å². The highest BCUT2D eigenvalue weighted by atomic mass is 16.5. The van der Waals surface area contributed by atoms with Gasteiger partial charge in [-0.05, 0) is 31.5 Å². The molecule has 0 bridgehead atoms. The highest BCUT2D eigenvalue weighted by Gasteiger charge is 2.21. The van der Waals surface area contributed by atoms with Crippen molar-refractivity contribution in [1.29, 1.82) is 0 Å². The summed E-state index contributed by atoms with van der Waals surface area (Å²) in [6, 6.07) is 8.41. The molecule has 1 fully saturated rings. The largest absolute Gasteiger partial charge is 0.450 e. The predicted molar refractivity (Wildman–Crippen MR) is 89.6 cm³/mol. The van der Waals surface area contributed by atoms with E-state index in [1.807, 2.05) is 4.90 Å². The number of hydrogen-bond donors (Lipinski definition) is 1. The summed E-state index contributed by atoms with van der Waals surface area (Å²) in [5, 5.41) is 2.58. The van der Waals surface area contributed by atoms with Crippen LogP contribution >= 0.6 is 0 Å². The lowest BCUT2D eigenvalue weighted by Crippen LogP contribution is -2.49. The summed E-state index contributed by atoms with van der Waals surface area (Å²) >= 11 is 0. The number of nitrogens with one attached hydrogen (secondary N) is 1. The van der Waals surface area contributed by atoms with Crippen LogP contribution in [0, 0.1) is 6.92 Å². The summed E-state index contributed by atoms with van der Waals surface area (Å²) in [5.41, 5.74) is 2.45. The minimum Gasteiger partial charge on any atom is -0.450 e.